The van der Waals surface area contributed by atoms with Gasteiger partial charge in [-0.1, -0.05) is 24.3 Å². The number of hydrogen-bond donors (Lipinski definition) is 2. The molecule has 0 unspecified atom stereocenters. The Kier molecular flexibility index (Phi) is 7.53. The molecule has 1 saturated heterocycles. The van der Waals surface area contributed by atoms with Crippen molar-refractivity contribution in [1.82, 2.24) is 15.5 Å². The Balaban J connectivity index is 1.89. The lowest BCUT2D eigenvalue weighted by Gasteiger charge is -2.35. The Morgan fingerprint density at radius 2 is 1.58 bits per heavy atom. The van der Waals surface area contributed by atoms with Crippen molar-refractivity contribution in [2.75, 3.05) is 26.2 Å². The minimum absolute atomic E-state index is 0.318. The topological polar surface area (TPSA) is 48.9 Å². The van der Waals surface area contributed by atoms with Crippen molar-refractivity contribution in [2.45, 2.75) is 53.0 Å². The highest BCUT2D eigenvalue weighted by atomic mass is 16.5. The highest BCUT2D eigenvalue weighted by molar-refractivity contribution is 5.79. The van der Waals surface area contributed by atoms with Crippen molar-refractivity contribution >= 4 is 5.96 Å². The van der Waals surface area contributed by atoms with Crippen LogP contribution >= 0.6 is 0 Å². The van der Waals surface area contributed by atoms with Crippen LogP contribution in [0.1, 0.15) is 38.8 Å². The van der Waals surface area contributed by atoms with Gasteiger partial charge in [-0.05, 0) is 38.8 Å². The van der Waals surface area contributed by atoms with E-state index in [2.05, 4.69) is 72.5 Å². The van der Waals surface area contributed by atoms with Crippen LogP contribution in [-0.2, 0) is 17.8 Å². The molecule has 0 radical (unpaired) electrons. The molecule has 1 heterocycles. The van der Waals surface area contributed by atoms with E-state index in [9.17, 15) is 0 Å². The Hall–Kier alpha value is -1.59. The minimum Gasteiger partial charge on any atom is -0.373 e. The second kappa shape index (κ2) is 9.64. The van der Waals surface area contributed by atoms with Crippen LogP contribution < -0.4 is 10.6 Å². The zero-order chi connectivity index (χ0) is 17.4. The first-order valence-corrected chi connectivity index (χ1v) is 9.08. The summed E-state index contributed by atoms with van der Waals surface area (Å²) in [6.07, 6.45) is 0.635. The molecule has 5 nitrogen and oxygen atoms in total. The van der Waals surface area contributed by atoms with Gasteiger partial charge in [0, 0.05) is 32.7 Å². The lowest BCUT2D eigenvalue weighted by molar-refractivity contribution is -0.0704. The minimum atomic E-state index is 0.318. The van der Waals surface area contributed by atoms with E-state index in [0.29, 0.717) is 18.8 Å². The molecule has 24 heavy (non-hydrogen) atoms. The number of ether oxygens (including phenoxy) is 1. The molecule has 2 N–H and O–H groups in total. The van der Waals surface area contributed by atoms with Crippen LogP contribution in [0.15, 0.2) is 29.3 Å². The van der Waals surface area contributed by atoms with E-state index in [-0.39, 0.29) is 0 Å². The molecule has 1 aromatic rings. The fourth-order valence-electron chi connectivity index (χ4n) is 3.10. The van der Waals surface area contributed by atoms with Gasteiger partial charge in [0.25, 0.3) is 0 Å². The summed E-state index contributed by atoms with van der Waals surface area (Å²) in [6, 6.07) is 8.80. The molecule has 0 spiro atoms. The Labute approximate surface area is 146 Å². The third-order valence-corrected chi connectivity index (χ3v) is 4.03. The lowest BCUT2D eigenvalue weighted by atomic mass is 10.1. The first-order valence-electron chi connectivity index (χ1n) is 9.08. The van der Waals surface area contributed by atoms with Gasteiger partial charge < -0.3 is 15.4 Å². The number of nitrogens with one attached hydrogen (secondary N) is 2. The third-order valence-electron chi connectivity index (χ3n) is 4.03. The van der Waals surface area contributed by atoms with Gasteiger partial charge in [0.15, 0.2) is 5.96 Å². The third kappa shape index (κ3) is 6.13. The highest BCUT2D eigenvalue weighted by Gasteiger charge is 2.21. The van der Waals surface area contributed by atoms with E-state index in [1.165, 1.54) is 11.1 Å². The first-order chi connectivity index (χ1) is 11.6. The summed E-state index contributed by atoms with van der Waals surface area (Å²) in [7, 11) is 0. The average Bonchev–Trinajstić information content (AvgIpc) is 2.53. The number of aliphatic imine (C=N–C) groups is 1. The molecule has 2 rings (SSSR count). The van der Waals surface area contributed by atoms with Crippen molar-refractivity contribution in [3.63, 3.8) is 0 Å². The number of nitrogens with zero attached hydrogens (tertiary/aromatic N) is 2. The number of hydrogen-bond acceptors (Lipinski definition) is 3. The van der Waals surface area contributed by atoms with E-state index < -0.39 is 0 Å². The van der Waals surface area contributed by atoms with Crippen LogP contribution in [0.5, 0.6) is 0 Å². The maximum absolute atomic E-state index is 5.80. The predicted octanol–water partition coefficient (Wildman–Crippen LogP) is 2.37. The quantitative estimate of drug-likeness (QED) is 0.620. The van der Waals surface area contributed by atoms with Gasteiger partial charge in [-0.3, -0.25) is 4.90 Å². The molecule has 1 aliphatic heterocycles. The molecular formula is C19H32N4O. The molecule has 1 aromatic carbocycles. The van der Waals surface area contributed by atoms with Crippen molar-refractivity contribution in [2.24, 2.45) is 4.99 Å². The van der Waals surface area contributed by atoms with Gasteiger partial charge in [0.1, 0.15) is 0 Å². The SMILES string of the molecule is CCNC(=NCc1ccc(CN2C[C@@H](C)O[C@H](C)C2)cc1)NCC. The molecular weight excluding hydrogens is 300 g/mol. The van der Waals surface area contributed by atoms with Gasteiger partial charge >= 0.3 is 0 Å². The van der Waals surface area contributed by atoms with Crippen LogP contribution in [0, 0.1) is 0 Å². The molecule has 1 fully saturated rings. The summed E-state index contributed by atoms with van der Waals surface area (Å²) in [5.41, 5.74) is 2.58. The van der Waals surface area contributed by atoms with Crippen molar-refractivity contribution in [3.05, 3.63) is 35.4 Å². The summed E-state index contributed by atoms with van der Waals surface area (Å²) < 4.78 is 5.80. The van der Waals surface area contributed by atoms with E-state index in [4.69, 9.17) is 4.74 Å². The lowest BCUT2D eigenvalue weighted by Crippen LogP contribution is -2.44. The zero-order valence-corrected chi connectivity index (χ0v) is 15.5. The van der Waals surface area contributed by atoms with E-state index >= 15 is 0 Å². The highest BCUT2D eigenvalue weighted by Crippen LogP contribution is 2.15. The monoisotopic (exact) mass is 332 g/mol. The first kappa shape index (κ1) is 18.7. The Morgan fingerprint density at radius 1 is 1.04 bits per heavy atom. The molecule has 2 atom stereocenters. The summed E-state index contributed by atoms with van der Waals surface area (Å²) >= 11 is 0. The fourth-order valence-corrected chi connectivity index (χ4v) is 3.10. The zero-order valence-electron chi connectivity index (χ0n) is 15.5. The standard InChI is InChI=1S/C19H32N4O/c1-5-20-19(21-6-2)22-11-17-7-9-18(10-8-17)14-23-12-15(3)24-16(4)13-23/h7-10,15-16H,5-6,11-14H2,1-4H3,(H2,20,21,22)/t15-,16-/m1/s1. The second-order valence-electron chi connectivity index (χ2n) is 6.49. The summed E-state index contributed by atoms with van der Waals surface area (Å²) in [5, 5.41) is 6.50. The molecule has 0 saturated carbocycles. The number of morpholine rings is 1. The molecule has 1 aliphatic rings. The van der Waals surface area contributed by atoms with Gasteiger partial charge in [0.05, 0.1) is 18.8 Å². The summed E-state index contributed by atoms with van der Waals surface area (Å²) in [4.78, 5) is 7.08. The van der Waals surface area contributed by atoms with Gasteiger partial charge in [-0.15, -0.1) is 0 Å². The molecule has 0 aliphatic carbocycles. The molecule has 0 aromatic heterocycles. The largest absolute Gasteiger partial charge is 0.373 e. The van der Waals surface area contributed by atoms with Crippen LogP contribution in [0.25, 0.3) is 0 Å². The number of guanidine groups is 1. The van der Waals surface area contributed by atoms with E-state index in [0.717, 1.165) is 38.7 Å². The smallest absolute Gasteiger partial charge is 0.191 e. The van der Waals surface area contributed by atoms with Crippen molar-refractivity contribution in [3.8, 4) is 0 Å². The number of rotatable bonds is 6. The van der Waals surface area contributed by atoms with Gasteiger partial charge in [0.2, 0.25) is 0 Å². The maximum atomic E-state index is 5.80. The van der Waals surface area contributed by atoms with Gasteiger partial charge in [-0.25, -0.2) is 4.99 Å². The fraction of sp³-hybridized carbons (Fsp3) is 0.632. The number of benzene rings is 1. The molecule has 134 valence electrons. The summed E-state index contributed by atoms with van der Waals surface area (Å²) in [6.45, 7) is 13.9. The predicted molar refractivity (Wildman–Crippen MR) is 100 cm³/mol. The van der Waals surface area contributed by atoms with E-state index in [1.807, 2.05) is 0 Å². The van der Waals surface area contributed by atoms with Crippen LogP contribution in [0.3, 0.4) is 0 Å². The van der Waals surface area contributed by atoms with Crippen molar-refractivity contribution < 1.29 is 4.74 Å². The van der Waals surface area contributed by atoms with Crippen LogP contribution in [0.2, 0.25) is 0 Å². The second-order valence-corrected chi connectivity index (χ2v) is 6.49. The van der Waals surface area contributed by atoms with Crippen LogP contribution in [0.4, 0.5) is 0 Å². The molecule has 5 heteroatoms. The van der Waals surface area contributed by atoms with Gasteiger partial charge in [-0.2, -0.15) is 0 Å². The molecule has 0 bridgehead atoms. The maximum Gasteiger partial charge on any atom is 0.191 e. The van der Waals surface area contributed by atoms with E-state index in [1.54, 1.807) is 0 Å². The Bertz CT molecular complexity index is 497. The Morgan fingerprint density at radius 3 is 2.12 bits per heavy atom. The molecule has 0 amide bonds. The average molecular weight is 332 g/mol. The van der Waals surface area contributed by atoms with Crippen molar-refractivity contribution in [1.29, 1.82) is 0 Å². The summed E-state index contributed by atoms with van der Waals surface area (Å²) in [5.74, 6) is 0.875. The normalized spacial score (nSPS) is 21.3. The van der Waals surface area contributed by atoms with Crippen LogP contribution in [-0.4, -0.2) is 49.2 Å².